The number of aromatic nitrogens is 1. The van der Waals surface area contributed by atoms with E-state index in [9.17, 15) is 8.42 Å². The van der Waals surface area contributed by atoms with Crippen molar-refractivity contribution in [2.24, 2.45) is 4.40 Å². The highest BCUT2D eigenvalue weighted by atomic mass is 32.2. The molecule has 0 saturated carbocycles. The molecule has 1 unspecified atom stereocenters. The lowest BCUT2D eigenvalue weighted by Crippen LogP contribution is -2.26. The zero-order valence-corrected chi connectivity index (χ0v) is 14.7. The first kappa shape index (κ1) is 16.1. The number of nitrogens with zero attached hydrogens (tertiary/aromatic N) is 3. The molecule has 8 heteroatoms. The summed E-state index contributed by atoms with van der Waals surface area (Å²) < 4.78 is 33.4. The van der Waals surface area contributed by atoms with Crippen LogP contribution in [0, 0.1) is 0 Å². The van der Waals surface area contributed by atoms with Crippen molar-refractivity contribution in [3.05, 3.63) is 45.9 Å². The van der Waals surface area contributed by atoms with E-state index in [2.05, 4.69) is 9.38 Å². The van der Waals surface area contributed by atoms with E-state index in [1.165, 1.54) is 11.3 Å². The van der Waals surface area contributed by atoms with Gasteiger partial charge in [0.05, 0.1) is 12.2 Å². The third kappa shape index (κ3) is 3.01. The van der Waals surface area contributed by atoms with Gasteiger partial charge >= 0.3 is 0 Å². The number of fused-ring (bicyclic) bond motifs is 1. The van der Waals surface area contributed by atoms with E-state index in [0.29, 0.717) is 17.9 Å². The SMILES string of the molecule is COC(C)c1nc(CN(C)C2=NS(=O)(=O)c3ccccc32)cs1. The third-order valence-corrected chi connectivity index (χ3v) is 6.02. The van der Waals surface area contributed by atoms with Crippen molar-refractivity contribution in [3.63, 3.8) is 0 Å². The Morgan fingerprint density at radius 1 is 1.35 bits per heavy atom. The molecule has 0 aliphatic carbocycles. The lowest BCUT2D eigenvalue weighted by Gasteiger charge is -2.17. The largest absolute Gasteiger partial charge is 0.375 e. The molecule has 0 spiro atoms. The number of hydrogen-bond acceptors (Lipinski definition) is 6. The molecule has 0 saturated heterocycles. The highest BCUT2D eigenvalue weighted by molar-refractivity contribution is 7.90. The molecule has 1 aromatic carbocycles. The Balaban J connectivity index is 1.85. The second-order valence-corrected chi connectivity index (χ2v) is 7.76. The van der Waals surface area contributed by atoms with Crippen molar-refractivity contribution in [2.75, 3.05) is 14.2 Å². The van der Waals surface area contributed by atoms with Gasteiger partial charge in [-0.3, -0.25) is 0 Å². The second kappa shape index (κ2) is 6.03. The standard InChI is InChI=1S/C15H17N3O3S2/c1-10(21-3)15-16-11(9-22-15)8-18(2)14-12-6-4-5-7-13(12)23(19,20)17-14/h4-7,9-10H,8H2,1-3H3. The molecule has 2 aromatic rings. The Labute approximate surface area is 139 Å². The van der Waals surface area contributed by atoms with Crippen molar-refractivity contribution in [3.8, 4) is 0 Å². The van der Waals surface area contributed by atoms with Crippen LogP contribution >= 0.6 is 11.3 Å². The van der Waals surface area contributed by atoms with Gasteiger partial charge in [-0.05, 0) is 19.1 Å². The molecule has 0 fully saturated rings. The fourth-order valence-corrected chi connectivity index (χ4v) is 4.46. The number of thiazole rings is 1. The first-order valence-corrected chi connectivity index (χ1v) is 9.37. The number of sulfonamides is 1. The van der Waals surface area contributed by atoms with Gasteiger partial charge in [0.25, 0.3) is 10.0 Å². The molecule has 3 rings (SSSR count). The van der Waals surface area contributed by atoms with E-state index in [1.54, 1.807) is 30.2 Å². The smallest absolute Gasteiger partial charge is 0.285 e. The number of methoxy groups -OCH3 is 1. The summed E-state index contributed by atoms with van der Waals surface area (Å²) in [5.41, 5.74) is 1.50. The Bertz CT molecular complexity index is 858. The molecule has 1 aromatic heterocycles. The molecule has 23 heavy (non-hydrogen) atoms. The van der Waals surface area contributed by atoms with Crippen LogP contribution in [-0.4, -0.2) is 38.3 Å². The van der Waals surface area contributed by atoms with E-state index in [1.807, 2.05) is 25.4 Å². The molecule has 1 atom stereocenters. The predicted molar refractivity (Wildman–Crippen MR) is 89.2 cm³/mol. The summed E-state index contributed by atoms with van der Waals surface area (Å²) in [6.07, 6.45) is -0.0519. The first-order chi connectivity index (χ1) is 10.9. The van der Waals surface area contributed by atoms with Gasteiger partial charge in [0.2, 0.25) is 0 Å². The molecular weight excluding hydrogens is 334 g/mol. The summed E-state index contributed by atoms with van der Waals surface area (Å²) in [5.74, 6) is 0.454. The number of ether oxygens (including phenoxy) is 1. The fourth-order valence-electron chi connectivity index (χ4n) is 2.36. The van der Waals surface area contributed by atoms with Crippen LogP contribution < -0.4 is 0 Å². The van der Waals surface area contributed by atoms with Gasteiger partial charge in [-0.15, -0.1) is 15.7 Å². The zero-order chi connectivity index (χ0) is 16.6. The van der Waals surface area contributed by atoms with Crippen LogP contribution in [-0.2, 0) is 21.3 Å². The molecule has 0 radical (unpaired) electrons. The minimum atomic E-state index is -3.60. The molecule has 1 aliphatic rings. The van der Waals surface area contributed by atoms with E-state index in [0.717, 1.165) is 10.7 Å². The minimum Gasteiger partial charge on any atom is -0.375 e. The molecule has 0 amide bonds. The van der Waals surface area contributed by atoms with E-state index < -0.39 is 10.0 Å². The van der Waals surface area contributed by atoms with Crippen LogP contribution in [0.5, 0.6) is 0 Å². The average molecular weight is 351 g/mol. The average Bonchev–Trinajstić information content (AvgIpc) is 3.10. The van der Waals surface area contributed by atoms with Crippen molar-refractivity contribution in [1.29, 1.82) is 0 Å². The van der Waals surface area contributed by atoms with Crippen molar-refractivity contribution < 1.29 is 13.2 Å². The summed E-state index contributed by atoms with van der Waals surface area (Å²) in [5, 5.41) is 2.86. The van der Waals surface area contributed by atoms with Crippen molar-refractivity contribution >= 4 is 27.2 Å². The normalized spacial score (nSPS) is 16.7. The summed E-state index contributed by atoms with van der Waals surface area (Å²) >= 11 is 1.53. The van der Waals surface area contributed by atoms with Gasteiger partial charge in [-0.2, -0.15) is 8.42 Å². The summed E-state index contributed by atoms with van der Waals surface area (Å²) in [7, 11) is -0.135. The molecular formula is C15H17N3O3S2. The van der Waals surface area contributed by atoms with E-state index in [-0.39, 0.29) is 11.0 Å². The highest BCUT2D eigenvalue weighted by Gasteiger charge is 2.30. The zero-order valence-electron chi connectivity index (χ0n) is 13.1. The van der Waals surface area contributed by atoms with Gasteiger partial charge in [0.15, 0.2) is 5.84 Å². The van der Waals surface area contributed by atoms with Gasteiger partial charge in [0, 0.05) is 25.1 Å². The highest BCUT2D eigenvalue weighted by Crippen LogP contribution is 2.28. The third-order valence-electron chi connectivity index (χ3n) is 3.64. The maximum atomic E-state index is 12.1. The quantitative estimate of drug-likeness (QED) is 0.846. The molecule has 0 N–H and O–H groups in total. The topological polar surface area (TPSA) is 71.9 Å². The maximum Gasteiger partial charge on any atom is 0.285 e. The number of hydrogen-bond donors (Lipinski definition) is 0. The Morgan fingerprint density at radius 3 is 2.83 bits per heavy atom. The monoisotopic (exact) mass is 351 g/mol. The Hall–Kier alpha value is -1.77. The van der Waals surface area contributed by atoms with Crippen LogP contribution in [0.25, 0.3) is 0 Å². The summed E-state index contributed by atoms with van der Waals surface area (Å²) in [6.45, 7) is 2.42. The van der Waals surface area contributed by atoms with Gasteiger partial charge in [-0.25, -0.2) is 4.98 Å². The molecule has 0 bridgehead atoms. The summed E-state index contributed by atoms with van der Waals surface area (Å²) in [4.78, 5) is 6.60. The van der Waals surface area contributed by atoms with E-state index >= 15 is 0 Å². The Kier molecular flexibility index (Phi) is 4.22. The molecule has 1 aliphatic heterocycles. The van der Waals surface area contributed by atoms with Crippen molar-refractivity contribution in [2.45, 2.75) is 24.5 Å². The second-order valence-electron chi connectivity index (χ2n) is 5.30. The van der Waals surface area contributed by atoms with Gasteiger partial charge < -0.3 is 9.64 Å². The number of rotatable bonds is 4. The summed E-state index contributed by atoms with van der Waals surface area (Å²) in [6, 6.07) is 6.86. The van der Waals surface area contributed by atoms with Gasteiger partial charge in [-0.1, -0.05) is 12.1 Å². The predicted octanol–water partition coefficient (Wildman–Crippen LogP) is 2.43. The number of benzene rings is 1. The van der Waals surface area contributed by atoms with Crippen LogP contribution in [0.3, 0.4) is 0 Å². The lowest BCUT2D eigenvalue weighted by atomic mass is 10.2. The van der Waals surface area contributed by atoms with Crippen LogP contribution in [0.1, 0.15) is 29.3 Å². The minimum absolute atomic E-state index is 0.0519. The molecule has 2 heterocycles. The first-order valence-electron chi connectivity index (χ1n) is 7.05. The fraction of sp³-hybridized carbons (Fsp3) is 0.333. The molecule has 122 valence electrons. The van der Waals surface area contributed by atoms with Crippen molar-refractivity contribution in [1.82, 2.24) is 9.88 Å². The lowest BCUT2D eigenvalue weighted by molar-refractivity contribution is 0.119. The van der Waals surface area contributed by atoms with Crippen LogP contribution in [0.2, 0.25) is 0 Å². The van der Waals surface area contributed by atoms with Gasteiger partial charge in [0.1, 0.15) is 16.0 Å². The maximum absolute atomic E-state index is 12.1. The van der Waals surface area contributed by atoms with Crippen LogP contribution in [0.4, 0.5) is 0 Å². The molecule has 6 nitrogen and oxygen atoms in total. The van der Waals surface area contributed by atoms with Crippen LogP contribution in [0.15, 0.2) is 38.9 Å². The Morgan fingerprint density at radius 2 is 2.09 bits per heavy atom. The van der Waals surface area contributed by atoms with E-state index in [4.69, 9.17) is 4.74 Å². The number of amidine groups is 1.